The van der Waals surface area contributed by atoms with Gasteiger partial charge in [-0.3, -0.25) is 4.79 Å². The molecule has 1 aromatic carbocycles. The lowest BCUT2D eigenvalue weighted by Gasteiger charge is -2.30. The molecule has 0 N–H and O–H groups in total. The van der Waals surface area contributed by atoms with Gasteiger partial charge in [0, 0.05) is 24.2 Å². The lowest BCUT2D eigenvalue weighted by Crippen LogP contribution is -2.38. The van der Waals surface area contributed by atoms with Gasteiger partial charge in [-0.1, -0.05) is 17.7 Å². The van der Waals surface area contributed by atoms with E-state index in [0.717, 1.165) is 29.7 Å². The van der Waals surface area contributed by atoms with Crippen LogP contribution >= 0.6 is 11.6 Å². The fraction of sp³-hybridized carbons (Fsp3) is 0.400. The standard InChI is InChI=1S/C20H23ClN8O/c1-14-12-22-29(24-14)19-7-9-27(10-8-19)20(30)6-4-16-3-5-18(21)11-17(16)13-28-25-15(2)23-26-28/h3-6,11-12,19H,7-10,13H2,1-2H3. The average Bonchev–Trinajstić information content (AvgIpc) is 3.35. The Kier molecular flexibility index (Phi) is 5.89. The van der Waals surface area contributed by atoms with E-state index in [2.05, 4.69) is 25.6 Å². The average molecular weight is 427 g/mol. The summed E-state index contributed by atoms with van der Waals surface area (Å²) in [6.07, 6.45) is 6.89. The zero-order valence-electron chi connectivity index (χ0n) is 16.9. The highest BCUT2D eigenvalue weighted by molar-refractivity contribution is 6.30. The highest BCUT2D eigenvalue weighted by Gasteiger charge is 2.23. The van der Waals surface area contributed by atoms with Crippen molar-refractivity contribution in [1.29, 1.82) is 0 Å². The molecule has 30 heavy (non-hydrogen) atoms. The molecule has 0 radical (unpaired) electrons. The van der Waals surface area contributed by atoms with E-state index in [0.29, 0.717) is 30.5 Å². The zero-order valence-corrected chi connectivity index (χ0v) is 17.7. The third-order valence-corrected chi connectivity index (χ3v) is 5.34. The number of aromatic nitrogens is 7. The van der Waals surface area contributed by atoms with Crippen LogP contribution in [0.1, 0.15) is 41.5 Å². The van der Waals surface area contributed by atoms with Crippen molar-refractivity contribution in [2.45, 2.75) is 39.3 Å². The molecule has 0 bridgehead atoms. The largest absolute Gasteiger partial charge is 0.339 e. The first-order chi connectivity index (χ1) is 14.5. The van der Waals surface area contributed by atoms with Gasteiger partial charge >= 0.3 is 0 Å². The van der Waals surface area contributed by atoms with E-state index in [-0.39, 0.29) is 11.9 Å². The molecule has 3 heterocycles. The van der Waals surface area contributed by atoms with Crippen LogP contribution in [0.15, 0.2) is 30.5 Å². The molecule has 10 heteroatoms. The molecule has 2 aromatic heterocycles. The third-order valence-electron chi connectivity index (χ3n) is 5.10. The maximum absolute atomic E-state index is 12.7. The highest BCUT2D eigenvalue weighted by atomic mass is 35.5. The van der Waals surface area contributed by atoms with Crippen molar-refractivity contribution in [2.24, 2.45) is 0 Å². The molecule has 3 aromatic rings. The van der Waals surface area contributed by atoms with Gasteiger partial charge < -0.3 is 4.90 Å². The predicted molar refractivity (Wildman–Crippen MR) is 112 cm³/mol. The molecule has 1 aliphatic heterocycles. The van der Waals surface area contributed by atoms with Crippen LogP contribution in [0.3, 0.4) is 0 Å². The number of hydrogen-bond donors (Lipinski definition) is 0. The molecule has 0 spiro atoms. The lowest BCUT2D eigenvalue weighted by molar-refractivity contribution is -0.127. The number of piperidine rings is 1. The number of benzene rings is 1. The summed E-state index contributed by atoms with van der Waals surface area (Å²) in [6.45, 7) is 5.51. The monoisotopic (exact) mass is 426 g/mol. The Balaban J connectivity index is 1.40. The van der Waals surface area contributed by atoms with Crippen molar-refractivity contribution in [3.8, 4) is 0 Å². The maximum atomic E-state index is 12.7. The van der Waals surface area contributed by atoms with Gasteiger partial charge in [0.1, 0.15) is 0 Å². The summed E-state index contributed by atoms with van der Waals surface area (Å²) in [7, 11) is 0. The predicted octanol–water partition coefficient (Wildman–Crippen LogP) is 2.46. The molecule has 1 aliphatic rings. The number of amides is 1. The first-order valence-electron chi connectivity index (χ1n) is 9.86. The zero-order chi connectivity index (χ0) is 21.1. The van der Waals surface area contributed by atoms with E-state index in [1.807, 2.05) is 30.0 Å². The normalized spacial score (nSPS) is 15.2. The fourth-order valence-electron chi connectivity index (χ4n) is 3.53. The molecule has 0 aliphatic carbocycles. The minimum absolute atomic E-state index is 0.00585. The number of carbonyl (C=O) groups excluding carboxylic acids is 1. The van der Waals surface area contributed by atoms with Gasteiger partial charge in [-0.2, -0.15) is 19.8 Å². The Morgan fingerprint density at radius 3 is 2.70 bits per heavy atom. The van der Waals surface area contributed by atoms with Gasteiger partial charge in [0.2, 0.25) is 5.91 Å². The van der Waals surface area contributed by atoms with Crippen molar-refractivity contribution >= 4 is 23.6 Å². The Morgan fingerprint density at radius 1 is 1.23 bits per heavy atom. The van der Waals surface area contributed by atoms with Crippen molar-refractivity contribution in [1.82, 2.24) is 40.1 Å². The summed E-state index contributed by atoms with van der Waals surface area (Å²) in [5.74, 6) is 0.599. The Hall–Kier alpha value is -3.07. The van der Waals surface area contributed by atoms with Crippen LogP contribution < -0.4 is 0 Å². The number of carbonyl (C=O) groups is 1. The van der Waals surface area contributed by atoms with Gasteiger partial charge in [0.05, 0.1) is 24.5 Å². The van der Waals surface area contributed by atoms with Gasteiger partial charge in [0.25, 0.3) is 0 Å². The van der Waals surface area contributed by atoms with Crippen LogP contribution in [0.5, 0.6) is 0 Å². The second-order valence-electron chi connectivity index (χ2n) is 7.41. The lowest BCUT2D eigenvalue weighted by atomic mass is 10.0. The molecule has 9 nitrogen and oxygen atoms in total. The molecule has 156 valence electrons. The van der Waals surface area contributed by atoms with E-state index in [4.69, 9.17) is 11.6 Å². The van der Waals surface area contributed by atoms with Gasteiger partial charge in [-0.25, -0.2) is 0 Å². The summed E-state index contributed by atoms with van der Waals surface area (Å²) in [5.41, 5.74) is 2.73. The number of hydrogen-bond acceptors (Lipinski definition) is 6. The van der Waals surface area contributed by atoms with Crippen LogP contribution in [0.25, 0.3) is 6.08 Å². The van der Waals surface area contributed by atoms with Crippen LogP contribution in [-0.4, -0.2) is 59.1 Å². The van der Waals surface area contributed by atoms with Crippen molar-refractivity contribution in [2.75, 3.05) is 13.1 Å². The maximum Gasteiger partial charge on any atom is 0.246 e. The number of tetrazole rings is 1. The van der Waals surface area contributed by atoms with Crippen molar-refractivity contribution < 1.29 is 4.79 Å². The molecule has 0 saturated carbocycles. The van der Waals surface area contributed by atoms with Gasteiger partial charge in [-0.15, -0.1) is 10.2 Å². The fourth-order valence-corrected chi connectivity index (χ4v) is 3.73. The van der Waals surface area contributed by atoms with E-state index < -0.39 is 0 Å². The summed E-state index contributed by atoms with van der Waals surface area (Å²) in [4.78, 5) is 17.8. The van der Waals surface area contributed by atoms with Crippen molar-refractivity contribution in [3.05, 3.63) is 58.1 Å². The minimum atomic E-state index is -0.00585. The Bertz CT molecular complexity index is 1060. The van der Waals surface area contributed by atoms with E-state index in [1.54, 1.807) is 30.1 Å². The molecule has 1 amide bonds. The number of rotatable bonds is 5. The number of aryl methyl sites for hydroxylation is 2. The molecule has 0 atom stereocenters. The van der Waals surface area contributed by atoms with Crippen LogP contribution in [-0.2, 0) is 11.3 Å². The first kappa shape index (κ1) is 20.2. The summed E-state index contributed by atoms with van der Waals surface area (Å²) < 4.78 is 0. The number of halogens is 1. The second-order valence-corrected chi connectivity index (χ2v) is 7.84. The van der Waals surface area contributed by atoms with Gasteiger partial charge in [-0.05, 0) is 61.2 Å². The SMILES string of the molecule is Cc1cnn(C2CCN(C(=O)C=Cc3ccc(Cl)cc3Cn3nnc(C)n3)CC2)n1. The molecule has 1 saturated heterocycles. The molecule has 0 unspecified atom stereocenters. The molecular weight excluding hydrogens is 404 g/mol. The highest BCUT2D eigenvalue weighted by Crippen LogP contribution is 2.22. The molecular formula is C20H23ClN8O. The third kappa shape index (κ3) is 4.73. The number of likely N-dealkylation sites (tertiary alicyclic amines) is 1. The first-order valence-corrected chi connectivity index (χ1v) is 10.2. The van der Waals surface area contributed by atoms with E-state index in [1.165, 1.54) is 4.80 Å². The second kappa shape index (κ2) is 8.74. The number of nitrogens with zero attached hydrogens (tertiary/aromatic N) is 8. The summed E-state index contributed by atoms with van der Waals surface area (Å²) in [5, 5.41) is 21.4. The summed E-state index contributed by atoms with van der Waals surface area (Å²) >= 11 is 6.16. The summed E-state index contributed by atoms with van der Waals surface area (Å²) in [6, 6.07) is 5.80. The van der Waals surface area contributed by atoms with Gasteiger partial charge in [0.15, 0.2) is 5.82 Å². The smallest absolute Gasteiger partial charge is 0.246 e. The van der Waals surface area contributed by atoms with E-state index >= 15 is 0 Å². The van der Waals surface area contributed by atoms with Crippen LogP contribution in [0, 0.1) is 13.8 Å². The van der Waals surface area contributed by atoms with Crippen LogP contribution in [0.2, 0.25) is 5.02 Å². The molecule has 4 rings (SSSR count). The van der Waals surface area contributed by atoms with Crippen LogP contribution in [0.4, 0.5) is 0 Å². The van der Waals surface area contributed by atoms with Crippen molar-refractivity contribution in [3.63, 3.8) is 0 Å². The minimum Gasteiger partial charge on any atom is -0.339 e. The Labute approximate surface area is 179 Å². The quantitative estimate of drug-likeness (QED) is 0.581. The Morgan fingerprint density at radius 2 is 2.03 bits per heavy atom. The molecule has 1 fully saturated rings. The topological polar surface area (TPSA) is 94.6 Å². The van der Waals surface area contributed by atoms with E-state index in [9.17, 15) is 4.79 Å².